The third-order valence-corrected chi connectivity index (χ3v) is 12.0. The number of fused-ring (bicyclic) bond motifs is 1. The molecule has 3 aromatic rings. The highest BCUT2D eigenvalue weighted by molar-refractivity contribution is 6.74. The van der Waals surface area contributed by atoms with Gasteiger partial charge < -0.3 is 18.8 Å². The first kappa shape index (κ1) is 29.1. The van der Waals surface area contributed by atoms with Gasteiger partial charge in [-0.3, -0.25) is 0 Å². The molecule has 212 valence electrons. The SMILES string of the molecule is CO[C@@H]1CCCN(c2ccc(-c3cc4ccc(O[Si](C)(C)C(C)(C)C)cc4n3C(=O)OC(C)(C)C)c(F)n2)C1. The van der Waals surface area contributed by atoms with Gasteiger partial charge in [-0.2, -0.15) is 4.39 Å². The van der Waals surface area contributed by atoms with Gasteiger partial charge in [0.15, 0.2) is 0 Å². The molecule has 0 N–H and O–H groups in total. The van der Waals surface area contributed by atoms with Crippen LogP contribution in [0, 0.1) is 5.95 Å². The second-order valence-electron chi connectivity index (χ2n) is 12.9. The average Bonchev–Trinajstić information content (AvgIpc) is 3.20. The quantitative estimate of drug-likeness (QED) is 0.238. The Bertz CT molecular complexity index is 1360. The number of hydrogen-bond acceptors (Lipinski definition) is 6. The molecule has 1 aliphatic heterocycles. The zero-order valence-electron chi connectivity index (χ0n) is 24.7. The van der Waals surface area contributed by atoms with E-state index < -0.39 is 26.0 Å². The fourth-order valence-corrected chi connectivity index (χ4v) is 5.55. The Morgan fingerprint density at radius 1 is 1.08 bits per heavy atom. The first-order chi connectivity index (χ1) is 18.1. The molecule has 0 amide bonds. The van der Waals surface area contributed by atoms with Crippen LogP contribution < -0.4 is 9.33 Å². The molecule has 1 aliphatic rings. The summed E-state index contributed by atoms with van der Waals surface area (Å²) in [6.45, 7) is 17.8. The first-order valence-corrected chi connectivity index (χ1v) is 16.5. The van der Waals surface area contributed by atoms with Crippen molar-refractivity contribution in [2.45, 2.75) is 84.2 Å². The summed E-state index contributed by atoms with van der Waals surface area (Å²) in [7, 11) is -0.424. The van der Waals surface area contributed by atoms with Crippen molar-refractivity contribution < 1.29 is 23.1 Å². The van der Waals surface area contributed by atoms with Crippen LogP contribution in [0.1, 0.15) is 54.4 Å². The maximum absolute atomic E-state index is 15.7. The van der Waals surface area contributed by atoms with Crippen molar-refractivity contribution in [3.05, 3.63) is 42.3 Å². The number of carbonyl (C=O) groups excluding carboxylic acids is 1. The predicted octanol–water partition coefficient (Wildman–Crippen LogP) is 7.62. The van der Waals surface area contributed by atoms with Crippen LogP contribution >= 0.6 is 0 Å². The van der Waals surface area contributed by atoms with Crippen LogP contribution in [0.15, 0.2) is 36.4 Å². The molecule has 7 nitrogen and oxygen atoms in total. The summed E-state index contributed by atoms with van der Waals surface area (Å²) in [5, 5.41) is 0.787. The van der Waals surface area contributed by atoms with E-state index in [4.69, 9.17) is 13.9 Å². The summed E-state index contributed by atoms with van der Waals surface area (Å²) < 4.78 is 34.9. The number of benzene rings is 1. The van der Waals surface area contributed by atoms with Crippen molar-refractivity contribution in [2.24, 2.45) is 0 Å². The second kappa shape index (κ2) is 10.6. The minimum absolute atomic E-state index is 0.00838. The summed E-state index contributed by atoms with van der Waals surface area (Å²) in [6.07, 6.45) is 1.44. The third-order valence-electron chi connectivity index (χ3n) is 7.68. The molecule has 1 atom stereocenters. The Kier molecular flexibility index (Phi) is 7.89. The summed E-state index contributed by atoms with van der Waals surface area (Å²) in [5.74, 6) is 0.593. The van der Waals surface area contributed by atoms with Crippen molar-refractivity contribution in [2.75, 3.05) is 25.1 Å². The Morgan fingerprint density at radius 3 is 2.41 bits per heavy atom. The molecular weight excluding hydrogens is 513 g/mol. The maximum atomic E-state index is 15.7. The Balaban J connectivity index is 1.79. The number of halogens is 1. The lowest BCUT2D eigenvalue weighted by molar-refractivity contribution is 0.0547. The summed E-state index contributed by atoms with van der Waals surface area (Å²) in [5.41, 5.74) is 0.479. The van der Waals surface area contributed by atoms with Crippen LogP contribution in [-0.2, 0) is 9.47 Å². The van der Waals surface area contributed by atoms with E-state index in [1.54, 1.807) is 25.3 Å². The van der Waals surface area contributed by atoms with Crippen molar-refractivity contribution in [1.29, 1.82) is 0 Å². The minimum atomic E-state index is -2.12. The molecule has 1 aromatic carbocycles. The Hall–Kier alpha value is -2.91. The normalized spacial score (nSPS) is 17.0. The third kappa shape index (κ3) is 6.30. The number of pyridine rings is 1. The van der Waals surface area contributed by atoms with Crippen molar-refractivity contribution >= 4 is 31.1 Å². The monoisotopic (exact) mass is 555 g/mol. The van der Waals surface area contributed by atoms with E-state index in [1.807, 2.05) is 43.9 Å². The molecule has 39 heavy (non-hydrogen) atoms. The highest BCUT2D eigenvalue weighted by Crippen LogP contribution is 2.39. The molecule has 0 bridgehead atoms. The predicted molar refractivity (Wildman–Crippen MR) is 157 cm³/mol. The number of anilines is 1. The fourth-order valence-electron chi connectivity index (χ4n) is 4.53. The van der Waals surface area contributed by atoms with Crippen LogP contribution in [0.2, 0.25) is 18.1 Å². The van der Waals surface area contributed by atoms with Crippen molar-refractivity contribution in [3.8, 4) is 17.0 Å². The zero-order valence-corrected chi connectivity index (χ0v) is 25.7. The minimum Gasteiger partial charge on any atom is -0.543 e. The number of nitrogens with zero attached hydrogens (tertiary/aromatic N) is 3. The largest absolute Gasteiger partial charge is 0.543 e. The summed E-state index contributed by atoms with van der Waals surface area (Å²) >= 11 is 0. The van der Waals surface area contributed by atoms with Crippen LogP contribution in [0.4, 0.5) is 15.0 Å². The average molecular weight is 556 g/mol. The summed E-state index contributed by atoms with van der Waals surface area (Å²) in [4.78, 5) is 19.9. The number of carbonyl (C=O) groups is 1. The molecule has 9 heteroatoms. The van der Waals surface area contributed by atoms with Gasteiger partial charge in [0.1, 0.15) is 17.2 Å². The molecule has 0 saturated carbocycles. The van der Waals surface area contributed by atoms with E-state index >= 15 is 4.39 Å². The number of rotatable bonds is 5. The number of methoxy groups -OCH3 is 1. The molecule has 2 aromatic heterocycles. The fraction of sp³-hybridized carbons (Fsp3) is 0.533. The van der Waals surface area contributed by atoms with Gasteiger partial charge in [-0.25, -0.2) is 14.3 Å². The molecule has 0 radical (unpaired) electrons. The van der Waals surface area contributed by atoms with Gasteiger partial charge in [0, 0.05) is 31.7 Å². The molecule has 0 unspecified atom stereocenters. The van der Waals surface area contributed by atoms with Gasteiger partial charge in [0.2, 0.25) is 14.3 Å². The first-order valence-electron chi connectivity index (χ1n) is 13.6. The number of aromatic nitrogens is 2. The number of piperidine rings is 1. The number of ether oxygens (including phenoxy) is 2. The molecule has 0 spiro atoms. The van der Waals surface area contributed by atoms with E-state index in [-0.39, 0.29) is 16.7 Å². The Morgan fingerprint density at radius 2 is 1.79 bits per heavy atom. The van der Waals surface area contributed by atoms with Crippen LogP contribution in [0.3, 0.4) is 0 Å². The van der Waals surface area contributed by atoms with Gasteiger partial charge in [-0.05, 0) is 82.1 Å². The van der Waals surface area contributed by atoms with E-state index in [2.05, 4.69) is 38.8 Å². The van der Waals surface area contributed by atoms with E-state index in [0.29, 0.717) is 29.3 Å². The van der Waals surface area contributed by atoms with Crippen molar-refractivity contribution in [1.82, 2.24) is 9.55 Å². The highest BCUT2D eigenvalue weighted by Gasteiger charge is 2.39. The topological polar surface area (TPSA) is 65.8 Å². The van der Waals surface area contributed by atoms with Gasteiger partial charge in [0.05, 0.1) is 22.9 Å². The number of hydrogen-bond donors (Lipinski definition) is 0. The lowest BCUT2D eigenvalue weighted by atomic mass is 10.1. The summed E-state index contributed by atoms with van der Waals surface area (Å²) in [6, 6.07) is 11.0. The zero-order chi connectivity index (χ0) is 28.8. The molecule has 4 rings (SSSR count). The Labute approximate surface area is 232 Å². The molecule has 0 aliphatic carbocycles. The lowest BCUT2D eigenvalue weighted by Crippen LogP contribution is -2.43. The molecule has 1 fully saturated rings. The van der Waals surface area contributed by atoms with E-state index in [9.17, 15) is 4.79 Å². The van der Waals surface area contributed by atoms with Gasteiger partial charge in [-0.15, -0.1) is 0 Å². The van der Waals surface area contributed by atoms with Crippen LogP contribution in [0.5, 0.6) is 5.75 Å². The van der Waals surface area contributed by atoms with Gasteiger partial charge in [-0.1, -0.05) is 20.8 Å². The van der Waals surface area contributed by atoms with Crippen molar-refractivity contribution in [3.63, 3.8) is 0 Å². The van der Waals surface area contributed by atoms with Crippen LogP contribution in [0.25, 0.3) is 22.2 Å². The standard InChI is InChI=1S/C30H42FN3O4Si/c1-29(2,3)37-28(35)34-24-18-21(38-39(8,9)30(4,5)6)13-12-20(24)17-25(34)23-14-15-26(32-27(23)31)33-16-10-11-22(19-33)36-7/h12-15,17-18,22H,10-11,16,19H2,1-9H3/t22-/m1/s1. The molecular formula is C30H42FN3O4Si. The molecule has 1 saturated heterocycles. The van der Waals surface area contributed by atoms with E-state index in [0.717, 1.165) is 24.8 Å². The maximum Gasteiger partial charge on any atom is 0.419 e. The molecule has 3 heterocycles. The van der Waals surface area contributed by atoms with Gasteiger partial charge in [0.25, 0.3) is 0 Å². The van der Waals surface area contributed by atoms with E-state index in [1.165, 1.54) is 4.57 Å². The second-order valence-corrected chi connectivity index (χ2v) is 17.6. The lowest BCUT2D eigenvalue weighted by Gasteiger charge is -2.36. The van der Waals surface area contributed by atoms with Crippen LogP contribution in [-0.4, -0.2) is 55.9 Å². The van der Waals surface area contributed by atoms with Gasteiger partial charge >= 0.3 is 6.09 Å². The smallest absolute Gasteiger partial charge is 0.419 e. The highest BCUT2D eigenvalue weighted by atomic mass is 28.4.